The zero-order valence-electron chi connectivity index (χ0n) is 19.9. The van der Waals surface area contributed by atoms with Crippen LogP contribution in [0, 0.1) is 11.8 Å². The highest BCUT2D eigenvalue weighted by Gasteiger charge is 2.44. The lowest BCUT2D eigenvalue weighted by Gasteiger charge is -2.26. The quantitative estimate of drug-likeness (QED) is 0.689. The van der Waals surface area contributed by atoms with Gasteiger partial charge in [0.1, 0.15) is 11.7 Å². The molecule has 33 heavy (non-hydrogen) atoms. The van der Waals surface area contributed by atoms with E-state index in [-0.39, 0.29) is 18.1 Å². The molecule has 4 heterocycles. The van der Waals surface area contributed by atoms with E-state index in [0.717, 1.165) is 44.5 Å². The van der Waals surface area contributed by atoms with Crippen LogP contribution < -0.4 is 4.74 Å². The summed E-state index contributed by atoms with van der Waals surface area (Å²) in [7, 11) is 0. The largest absolute Gasteiger partial charge is 0.474 e. The molecule has 4 aliphatic rings. The van der Waals surface area contributed by atoms with Crippen molar-refractivity contribution in [2.24, 2.45) is 11.8 Å². The maximum atomic E-state index is 13.3. The second kappa shape index (κ2) is 8.78. The summed E-state index contributed by atoms with van der Waals surface area (Å²) in [6.07, 6.45) is 5.55. The van der Waals surface area contributed by atoms with E-state index in [1.54, 1.807) is 11.1 Å². The average molecular weight is 458 g/mol. The van der Waals surface area contributed by atoms with Crippen LogP contribution in [0.15, 0.2) is 12.3 Å². The van der Waals surface area contributed by atoms with Gasteiger partial charge >= 0.3 is 6.09 Å². The number of hydrogen-bond acceptors (Lipinski definition) is 6. The molecule has 8 nitrogen and oxygen atoms in total. The lowest BCUT2D eigenvalue weighted by atomic mass is 10.0. The molecule has 0 spiro atoms. The van der Waals surface area contributed by atoms with Gasteiger partial charge in [-0.3, -0.25) is 4.79 Å². The Morgan fingerprint density at radius 1 is 1.00 bits per heavy atom. The van der Waals surface area contributed by atoms with E-state index in [9.17, 15) is 9.59 Å². The summed E-state index contributed by atoms with van der Waals surface area (Å²) in [5.74, 6) is 1.76. The van der Waals surface area contributed by atoms with Crippen LogP contribution in [0.25, 0.3) is 0 Å². The number of likely N-dealkylation sites (tertiary alicyclic amines) is 2. The van der Waals surface area contributed by atoms with Crippen molar-refractivity contribution in [3.8, 4) is 5.88 Å². The number of hydrogen-bond donors (Lipinski definition) is 0. The maximum absolute atomic E-state index is 13.3. The number of rotatable bonds is 4. The summed E-state index contributed by atoms with van der Waals surface area (Å²) in [5.41, 5.74) is 1.21. The summed E-state index contributed by atoms with van der Waals surface area (Å²) < 4.78 is 17.2. The van der Waals surface area contributed by atoms with Crippen molar-refractivity contribution < 1.29 is 23.8 Å². The van der Waals surface area contributed by atoms with Gasteiger partial charge in [-0.2, -0.15) is 0 Å². The fraction of sp³-hybridized carbons (Fsp3) is 0.720. The van der Waals surface area contributed by atoms with Crippen LogP contribution in [0.5, 0.6) is 5.88 Å². The maximum Gasteiger partial charge on any atom is 0.410 e. The van der Waals surface area contributed by atoms with E-state index in [4.69, 9.17) is 14.2 Å². The fourth-order valence-corrected chi connectivity index (χ4v) is 5.14. The predicted molar refractivity (Wildman–Crippen MR) is 121 cm³/mol. The Bertz CT molecular complexity index is 890. The second-order valence-corrected chi connectivity index (χ2v) is 10.9. The molecule has 0 unspecified atom stereocenters. The molecule has 4 fully saturated rings. The highest BCUT2D eigenvalue weighted by molar-refractivity contribution is 5.94. The lowest BCUT2D eigenvalue weighted by Crippen LogP contribution is -2.38. The van der Waals surface area contributed by atoms with E-state index in [2.05, 4.69) is 4.98 Å². The zero-order valence-corrected chi connectivity index (χ0v) is 19.9. The van der Waals surface area contributed by atoms with E-state index in [1.807, 2.05) is 31.7 Å². The SMILES string of the molecule is CC(C)(C)OC(=O)N1C[C@H]2CN(C(=O)c3cnc(OC4CCOCC4)c(C4CC4)c3)C[C@@H]2C1. The molecule has 5 rings (SSSR count). The van der Waals surface area contributed by atoms with Crippen molar-refractivity contribution in [2.45, 2.75) is 64.1 Å². The Balaban J connectivity index is 1.22. The normalized spacial score (nSPS) is 25.8. The van der Waals surface area contributed by atoms with Crippen molar-refractivity contribution in [1.82, 2.24) is 14.8 Å². The van der Waals surface area contributed by atoms with Gasteiger partial charge in [0.15, 0.2) is 0 Å². The van der Waals surface area contributed by atoms with Crippen molar-refractivity contribution >= 4 is 12.0 Å². The van der Waals surface area contributed by atoms with Gasteiger partial charge in [-0.15, -0.1) is 0 Å². The van der Waals surface area contributed by atoms with E-state index >= 15 is 0 Å². The first kappa shape index (κ1) is 22.4. The third kappa shape index (κ3) is 5.10. The van der Waals surface area contributed by atoms with Gasteiger partial charge in [-0.1, -0.05) is 0 Å². The smallest absolute Gasteiger partial charge is 0.410 e. The molecule has 2 amide bonds. The first-order valence-corrected chi connectivity index (χ1v) is 12.3. The minimum atomic E-state index is -0.496. The lowest BCUT2D eigenvalue weighted by molar-refractivity contribution is 0.0232. The minimum absolute atomic E-state index is 0.0280. The van der Waals surface area contributed by atoms with Gasteiger partial charge in [-0.25, -0.2) is 9.78 Å². The molecule has 0 bridgehead atoms. The van der Waals surface area contributed by atoms with Gasteiger partial charge in [-0.05, 0) is 45.6 Å². The molecule has 1 aliphatic carbocycles. The number of carbonyl (C=O) groups is 2. The van der Waals surface area contributed by atoms with Crippen LogP contribution in [0.3, 0.4) is 0 Å². The van der Waals surface area contributed by atoms with Crippen LogP contribution in [-0.4, -0.2) is 77.9 Å². The van der Waals surface area contributed by atoms with Crippen LogP contribution in [0.4, 0.5) is 4.79 Å². The van der Waals surface area contributed by atoms with Gasteiger partial charge < -0.3 is 24.0 Å². The fourth-order valence-electron chi connectivity index (χ4n) is 5.14. The van der Waals surface area contributed by atoms with Crippen molar-refractivity contribution in [1.29, 1.82) is 0 Å². The van der Waals surface area contributed by atoms with Crippen LogP contribution in [-0.2, 0) is 9.47 Å². The highest BCUT2D eigenvalue weighted by Crippen LogP contribution is 2.44. The Morgan fingerprint density at radius 2 is 1.64 bits per heavy atom. The van der Waals surface area contributed by atoms with Gasteiger partial charge in [0.25, 0.3) is 5.91 Å². The number of amides is 2. The number of aromatic nitrogens is 1. The standard InChI is InChI=1S/C25H35N3O5/c1-25(2,3)33-24(30)28-14-18-12-27(13-19(18)15-28)23(29)17-10-21(16-4-5-16)22(26-11-17)32-20-6-8-31-9-7-20/h10-11,16,18-20H,4-9,12-15H2,1-3H3/t18-,19-/m1/s1. The Morgan fingerprint density at radius 3 is 2.24 bits per heavy atom. The van der Waals surface area contributed by atoms with E-state index < -0.39 is 5.60 Å². The number of fused-ring (bicyclic) bond motifs is 1. The average Bonchev–Trinajstić information content (AvgIpc) is 3.41. The van der Waals surface area contributed by atoms with Crippen molar-refractivity contribution in [3.63, 3.8) is 0 Å². The molecule has 1 aromatic heterocycles. The first-order valence-electron chi connectivity index (χ1n) is 12.3. The van der Waals surface area contributed by atoms with Crippen LogP contribution in [0.2, 0.25) is 0 Å². The third-order valence-corrected chi connectivity index (χ3v) is 7.01. The first-order chi connectivity index (χ1) is 15.8. The Kier molecular flexibility index (Phi) is 5.97. The summed E-state index contributed by atoms with van der Waals surface area (Å²) in [6, 6.07) is 2.00. The van der Waals surface area contributed by atoms with Crippen LogP contribution in [0.1, 0.15) is 68.3 Å². The zero-order chi connectivity index (χ0) is 23.2. The Hall–Kier alpha value is -2.35. The summed E-state index contributed by atoms with van der Waals surface area (Å²) in [6.45, 7) is 9.72. The summed E-state index contributed by atoms with van der Waals surface area (Å²) >= 11 is 0. The molecule has 0 radical (unpaired) electrons. The summed E-state index contributed by atoms with van der Waals surface area (Å²) in [5, 5.41) is 0. The van der Waals surface area contributed by atoms with Gasteiger partial charge in [0.2, 0.25) is 5.88 Å². The summed E-state index contributed by atoms with van der Waals surface area (Å²) in [4.78, 5) is 34.0. The minimum Gasteiger partial charge on any atom is -0.474 e. The molecule has 8 heteroatoms. The number of ether oxygens (including phenoxy) is 3. The Labute approximate surface area is 195 Å². The highest BCUT2D eigenvalue weighted by atomic mass is 16.6. The third-order valence-electron chi connectivity index (χ3n) is 7.01. The number of pyridine rings is 1. The van der Waals surface area contributed by atoms with Crippen LogP contribution >= 0.6 is 0 Å². The molecule has 3 saturated heterocycles. The monoisotopic (exact) mass is 457 g/mol. The topological polar surface area (TPSA) is 81.2 Å². The van der Waals surface area contributed by atoms with E-state index in [1.165, 1.54) is 0 Å². The van der Waals surface area contributed by atoms with E-state index in [0.29, 0.717) is 55.4 Å². The van der Waals surface area contributed by atoms with Crippen molar-refractivity contribution in [3.05, 3.63) is 23.4 Å². The molecule has 0 aromatic carbocycles. The molecular weight excluding hydrogens is 422 g/mol. The van der Waals surface area contributed by atoms with Gasteiger partial charge in [0, 0.05) is 62.6 Å². The molecular formula is C25H35N3O5. The molecule has 180 valence electrons. The molecule has 1 aromatic rings. The second-order valence-electron chi connectivity index (χ2n) is 10.9. The molecule has 1 saturated carbocycles. The molecule has 0 N–H and O–H groups in total. The van der Waals surface area contributed by atoms with Crippen molar-refractivity contribution in [2.75, 3.05) is 39.4 Å². The molecule has 3 aliphatic heterocycles. The predicted octanol–water partition coefficient (Wildman–Crippen LogP) is 3.46. The number of carbonyl (C=O) groups excluding carboxylic acids is 2. The number of nitrogens with zero attached hydrogens (tertiary/aromatic N) is 3. The molecule has 2 atom stereocenters. The van der Waals surface area contributed by atoms with Gasteiger partial charge in [0.05, 0.1) is 18.8 Å².